The first kappa shape index (κ1) is 18.5. The van der Waals surface area contributed by atoms with Crippen molar-refractivity contribution < 1.29 is 0 Å². The molecule has 1 heteroatoms. The van der Waals surface area contributed by atoms with E-state index in [0.717, 1.165) is 11.8 Å². The Kier molecular flexibility index (Phi) is 8.52. The van der Waals surface area contributed by atoms with Gasteiger partial charge in [-0.15, -0.1) is 0 Å². The van der Waals surface area contributed by atoms with Crippen LogP contribution in [0.1, 0.15) is 97.8 Å². The van der Waals surface area contributed by atoms with Crippen molar-refractivity contribution in [2.24, 2.45) is 11.8 Å². The summed E-state index contributed by atoms with van der Waals surface area (Å²) in [6.07, 6.45) is 20.6. The summed E-state index contributed by atoms with van der Waals surface area (Å²) in [5.74, 6) is 1.95. The van der Waals surface area contributed by atoms with Crippen molar-refractivity contribution in [3.8, 4) is 0 Å². The minimum atomic E-state index is 0.165. The maximum absolute atomic E-state index is 2.45. The number of allylic oxidation sites excluding steroid dienone is 2. The van der Waals surface area contributed by atoms with Gasteiger partial charge >= 0.3 is 0 Å². The van der Waals surface area contributed by atoms with Crippen molar-refractivity contribution in [2.45, 2.75) is 97.8 Å². The highest BCUT2D eigenvalue weighted by Crippen LogP contribution is 2.53. The van der Waals surface area contributed by atoms with Crippen LogP contribution in [0.25, 0.3) is 0 Å². The van der Waals surface area contributed by atoms with E-state index in [1.54, 1.807) is 0 Å². The van der Waals surface area contributed by atoms with Crippen LogP contribution in [0.15, 0.2) is 10.9 Å². The van der Waals surface area contributed by atoms with Gasteiger partial charge in [0.05, 0.1) is 0 Å². The fourth-order valence-corrected chi connectivity index (χ4v) is 7.44. The van der Waals surface area contributed by atoms with E-state index >= 15 is 0 Å². The van der Waals surface area contributed by atoms with Gasteiger partial charge in [-0.3, -0.25) is 0 Å². The van der Waals surface area contributed by atoms with E-state index < -0.39 is 0 Å². The molecule has 0 bridgehead atoms. The summed E-state index contributed by atoms with van der Waals surface area (Å²) in [4.78, 5) is 0. The van der Waals surface area contributed by atoms with Gasteiger partial charge in [0.25, 0.3) is 0 Å². The first-order chi connectivity index (χ1) is 10.8. The highest BCUT2D eigenvalue weighted by atomic mass is 31.1. The topological polar surface area (TPSA) is 0 Å². The Hall–Kier alpha value is 0.170. The van der Waals surface area contributed by atoms with Crippen molar-refractivity contribution in [1.82, 2.24) is 0 Å². The summed E-state index contributed by atoms with van der Waals surface area (Å²) in [6, 6.07) is 0. The summed E-state index contributed by atoms with van der Waals surface area (Å²) < 4.78 is 0. The van der Waals surface area contributed by atoms with Crippen LogP contribution >= 0.6 is 7.92 Å². The van der Waals surface area contributed by atoms with Crippen molar-refractivity contribution in [2.75, 3.05) is 12.3 Å². The fourth-order valence-electron chi connectivity index (χ4n) is 4.96. The standard InChI is InChI=1S/C21H39P/c1-4-13-20(22(5-2)6-3)21(18-14-9-7-10-15-18)19-16-11-8-12-17-19/h18-19H,4-17H2,1-3H3. The van der Waals surface area contributed by atoms with Gasteiger partial charge in [0.15, 0.2) is 0 Å². The van der Waals surface area contributed by atoms with E-state index in [-0.39, 0.29) is 7.92 Å². The Balaban J connectivity index is 2.33. The third-order valence-corrected chi connectivity index (χ3v) is 8.83. The van der Waals surface area contributed by atoms with Crippen LogP contribution in [0, 0.1) is 11.8 Å². The Morgan fingerprint density at radius 3 is 1.55 bits per heavy atom. The molecule has 0 aromatic heterocycles. The minimum Gasteiger partial charge on any atom is -0.0803 e. The minimum absolute atomic E-state index is 0.165. The Morgan fingerprint density at radius 2 is 1.18 bits per heavy atom. The zero-order valence-corrected chi connectivity index (χ0v) is 16.4. The summed E-state index contributed by atoms with van der Waals surface area (Å²) in [5.41, 5.74) is 2.04. The van der Waals surface area contributed by atoms with Crippen LogP contribution in [0.5, 0.6) is 0 Å². The molecule has 0 aromatic rings. The van der Waals surface area contributed by atoms with Gasteiger partial charge in [-0.25, -0.2) is 0 Å². The first-order valence-corrected chi connectivity index (χ1v) is 12.0. The molecule has 0 N–H and O–H groups in total. The zero-order chi connectivity index (χ0) is 15.8. The predicted octanol–water partition coefficient (Wildman–Crippen LogP) is 7.72. The number of hydrogen-bond acceptors (Lipinski definition) is 0. The summed E-state index contributed by atoms with van der Waals surface area (Å²) in [7, 11) is 0.165. The van der Waals surface area contributed by atoms with Crippen LogP contribution in [-0.4, -0.2) is 12.3 Å². The van der Waals surface area contributed by atoms with Crippen LogP contribution in [0.3, 0.4) is 0 Å². The van der Waals surface area contributed by atoms with E-state index in [2.05, 4.69) is 20.8 Å². The lowest BCUT2D eigenvalue weighted by molar-refractivity contribution is 0.324. The van der Waals surface area contributed by atoms with Gasteiger partial charge in [0, 0.05) is 0 Å². The van der Waals surface area contributed by atoms with Gasteiger partial charge in [-0.2, -0.15) is 0 Å². The molecule has 0 aliphatic heterocycles. The van der Waals surface area contributed by atoms with Gasteiger partial charge in [0.2, 0.25) is 0 Å². The first-order valence-electron chi connectivity index (χ1n) is 10.3. The Morgan fingerprint density at radius 1 is 0.727 bits per heavy atom. The van der Waals surface area contributed by atoms with Crippen LogP contribution < -0.4 is 0 Å². The molecule has 0 heterocycles. The van der Waals surface area contributed by atoms with Gasteiger partial charge < -0.3 is 0 Å². The molecule has 0 saturated heterocycles. The molecule has 2 aliphatic rings. The molecule has 0 aromatic carbocycles. The maximum Gasteiger partial charge on any atom is -0.0194 e. The normalized spacial score (nSPS) is 21.3. The van der Waals surface area contributed by atoms with Crippen molar-refractivity contribution in [3.05, 3.63) is 10.9 Å². The maximum atomic E-state index is 2.45. The predicted molar refractivity (Wildman–Crippen MR) is 103 cm³/mol. The van der Waals surface area contributed by atoms with Gasteiger partial charge in [-0.1, -0.05) is 79.2 Å². The lowest BCUT2D eigenvalue weighted by Gasteiger charge is -2.37. The Labute approximate surface area is 141 Å². The third-order valence-electron chi connectivity index (χ3n) is 6.06. The van der Waals surface area contributed by atoms with Crippen LogP contribution in [0.4, 0.5) is 0 Å². The molecule has 2 fully saturated rings. The van der Waals surface area contributed by atoms with Crippen molar-refractivity contribution in [3.63, 3.8) is 0 Å². The molecular formula is C21H39P. The summed E-state index contributed by atoms with van der Waals surface area (Å²) in [5, 5.41) is 2.00. The lowest BCUT2D eigenvalue weighted by atomic mass is 9.73. The monoisotopic (exact) mass is 322 g/mol. The van der Waals surface area contributed by atoms with Crippen LogP contribution in [0.2, 0.25) is 0 Å². The molecule has 0 radical (unpaired) electrons. The molecule has 22 heavy (non-hydrogen) atoms. The summed E-state index contributed by atoms with van der Waals surface area (Å²) >= 11 is 0. The van der Waals surface area contributed by atoms with E-state index in [1.165, 1.54) is 89.4 Å². The second-order valence-corrected chi connectivity index (χ2v) is 10.4. The van der Waals surface area contributed by atoms with Gasteiger partial charge in [0.1, 0.15) is 0 Å². The lowest BCUT2D eigenvalue weighted by Crippen LogP contribution is -2.20. The van der Waals surface area contributed by atoms with Crippen molar-refractivity contribution in [1.29, 1.82) is 0 Å². The van der Waals surface area contributed by atoms with Gasteiger partial charge in [-0.05, 0) is 61.6 Å². The SMILES string of the molecule is CCCC(=C(C1CCCCC1)C1CCCCC1)P(CC)CC. The average Bonchev–Trinajstić information content (AvgIpc) is 2.58. The van der Waals surface area contributed by atoms with Crippen LogP contribution in [-0.2, 0) is 0 Å². The second-order valence-electron chi connectivity index (χ2n) is 7.49. The molecule has 0 atom stereocenters. The average molecular weight is 323 g/mol. The highest BCUT2D eigenvalue weighted by molar-refractivity contribution is 7.62. The largest absolute Gasteiger partial charge is 0.0803 e. The van der Waals surface area contributed by atoms with E-state index in [0.29, 0.717) is 0 Å². The van der Waals surface area contributed by atoms with E-state index in [1.807, 2.05) is 10.9 Å². The molecular weight excluding hydrogens is 283 g/mol. The third kappa shape index (κ3) is 4.83. The zero-order valence-electron chi connectivity index (χ0n) is 15.5. The second kappa shape index (κ2) is 10.1. The molecule has 0 amide bonds. The molecule has 128 valence electrons. The quantitative estimate of drug-likeness (QED) is 0.421. The molecule has 2 aliphatic carbocycles. The number of hydrogen-bond donors (Lipinski definition) is 0. The Bertz CT molecular complexity index is 308. The molecule has 0 nitrogen and oxygen atoms in total. The fraction of sp³-hybridized carbons (Fsp3) is 0.905. The highest BCUT2D eigenvalue weighted by Gasteiger charge is 2.29. The molecule has 2 saturated carbocycles. The van der Waals surface area contributed by atoms with E-state index in [9.17, 15) is 0 Å². The smallest absolute Gasteiger partial charge is 0.0194 e. The molecule has 0 spiro atoms. The molecule has 2 rings (SSSR count). The number of rotatable bonds is 7. The van der Waals surface area contributed by atoms with Crippen molar-refractivity contribution >= 4 is 7.92 Å². The molecule has 0 unspecified atom stereocenters. The summed E-state index contributed by atoms with van der Waals surface area (Å²) in [6.45, 7) is 7.30. The van der Waals surface area contributed by atoms with E-state index in [4.69, 9.17) is 0 Å².